The van der Waals surface area contributed by atoms with Gasteiger partial charge in [0, 0.05) is 25.3 Å². The molecule has 5 nitrogen and oxygen atoms in total. The summed E-state index contributed by atoms with van der Waals surface area (Å²) < 4.78 is 0. The number of piperidine rings is 1. The number of rotatable bonds is 5. The number of likely N-dealkylation sites (tertiary alicyclic amines) is 1. The van der Waals surface area contributed by atoms with E-state index in [9.17, 15) is 9.90 Å². The van der Waals surface area contributed by atoms with Crippen LogP contribution >= 0.6 is 0 Å². The Bertz CT molecular complexity index is 793. The van der Waals surface area contributed by atoms with Crippen LogP contribution in [0.25, 0.3) is 0 Å². The number of amides is 2. The van der Waals surface area contributed by atoms with E-state index in [1.165, 1.54) is 18.4 Å². The molecule has 27 heavy (non-hydrogen) atoms. The molecule has 1 unspecified atom stereocenters. The molecule has 1 saturated heterocycles. The quantitative estimate of drug-likeness (QED) is 0.762. The summed E-state index contributed by atoms with van der Waals surface area (Å²) in [5, 5.41) is 16.3. The van der Waals surface area contributed by atoms with Crippen LogP contribution in [0.4, 0.5) is 10.5 Å². The summed E-state index contributed by atoms with van der Waals surface area (Å²) in [7, 11) is 0. The van der Waals surface area contributed by atoms with Crippen LogP contribution in [0.3, 0.4) is 0 Å². The molecular weight excluding hydrogens is 338 g/mol. The van der Waals surface area contributed by atoms with Crippen molar-refractivity contribution in [3.8, 4) is 0 Å². The van der Waals surface area contributed by atoms with Crippen molar-refractivity contribution in [1.29, 1.82) is 0 Å². The summed E-state index contributed by atoms with van der Waals surface area (Å²) in [6.45, 7) is 3.24. The minimum Gasteiger partial charge on any atom is -0.387 e. The molecule has 2 amide bonds. The van der Waals surface area contributed by atoms with Gasteiger partial charge < -0.3 is 20.6 Å². The average Bonchev–Trinajstić information content (AvgIpc) is 2.68. The van der Waals surface area contributed by atoms with E-state index in [0.29, 0.717) is 19.0 Å². The maximum atomic E-state index is 11.4. The van der Waals surface area contributed by atoms with E-state index in [2.05, 4.69) is 45.9 Å². The summed E-state index contributed by atoms with van der Waals surface area (Å²) in [6, 6.07) is 16.3. The normalized spacial score (nSPS) is 21.1. The van der Waals surface area contributed by atoms with Gasteiger partial charge in [-0.2, -0.15) is 0 Å². The van der Waals surface area contributed by atoms with E-state index in [1.807, 2.05) is 18.2 Å². The molecule has 5 heteroatoms. The van der Waals surface area contributed by atoms with Gasteiger partial charge in [0.05, 0.1) is 6.10 Å². The van der Waals surface area contributed by atoms with Gasteiger partial charge in [0.1, 0.15) is 0 Å². The van der Waals surface area contributed by atoms with Crippen molar-refractivity contribution >= 4 is 11.7 Å². The fourth-order valence-electron chi connectivity index (χ4n) is 4.21. The largest absolute Gasteiger partial charge is 0.387 e. The molecule has 4 rings (SSSR count). The molecule has 0 spiro atoms. The highest BCUT2D eigenvalue weighted by Gasteiger charge is 2.23. The van der Waals surface area contributed by atoms with Gasteiger partial charge in [-0.15, -0.1) is 0 Å². The van der Waals surface area contributed by atoms with Crippen molar-refractivity contribution in [3.63, 3.8) is 0 Å². The summed E-state index contributed by atoms with van der Waals surface area (Å²) >= 11 is 0. The van der Waals surface area contributed by atoms with Gasteiger partial charge >= 0.3 is 6.03 Å². The predicted octanol–water partition coefficient (Wildman–Crippen LogP) is 3.31. The zero-order chi connectivity index (χ0) is 18.6. The lowest BCUT2D eigenvalue weighted by Gasteiger charge is -2.34. The minimum absolute atomic E-state index is 0.173. The fourth-order valence-corrected chi connectivity index (χ4v) is 4.21. The molecule has 0 radical (unpaired) electrons. The number of hydrogen-bond donors (Lipinski definition) is 3. The third-order valence-corrected chi connectivity index (χ3v) is 5.60. The van der Waals surface area contributed by atoms with Gasteiger partial charge in [0.15, 0.2) is 0 Å². The summed E-state index contributed by atoms with van der Waals surface area (Å²) in [5.41, 5.74) is 4.16. The van der Waals surface area contributed by atoms with Crippen LogP contribution in [0, 0.1) is 5.92 Å². The molecular formula is C22H27N3O2. The lowest BCUT2D eigenvalue weighted by molar-refractivity contribution is 0.0843. The minimum atomic E-state index is -0.511. The Morgan fingerprint density at radius 2 is 2.04 bits per heavy atom. The summed E-state index contributed by atoms with van der Waals surface area (Å²) in [4.78, 5) is 13.8. The van der Waals surface area contributed by atoms with Crippen molar-refractivity contribution in [3.05, 3.63) is 65.2 Å². The lowest BCUT2D eigenvalue weighted by atomic mass is 9.91. The number of carbonyl (C=O) groups excluding carboxylic acids is 1. The average molecular weight is 365 g/mol. The number of fused-ring (bicyclic) bond motifs is 1. The number of benzene rings is 2. The summed E-state index contributed by atoms with van der Waals surface area (Å²) in [5.74, 6) is 0.649. The van der Waals surface area contributed by atoms with Gasteiger partial charge in [-0.1, -0.05) is 36.4 Å². The fraction of sp³-hybridized carbons (Fsp3) is 0.409. The number of nitrogens with zero attached hydrogens (tertiary/aromatic N) is 1. The van der Waals surface area contributed by atoms with Crippen LogP contribution in [-0.4, -0.2) is 35.7 Å². The highest BCUT2D eigenvalue weighted by molar-refractivity contribution is 5.92. The van der Waals surface area contributed by atoms with Crippen LogP contribution < -0.4 is 10.6 Å². The Hall–Kier alpha value is -2.37. The molecule has 0 saturated carbocycles. The van der Waals surface area contributed by atoms with Crippen LogP contribution in [0.15, 0.2) is 48.5 Å². The molecule has 0 aliphatic carbocycles. The maximum Gasteiger partial charge on any atom is 0.319 e. The van der Waals surface area contributed by atoms with Gasteiger partial charge in [-0.05, 0) is 60.5 Å². The number of β-amino-alcohol motifs (C(OH)–C–C–N with tert-alkyl or cyclic N) is 1. The number of aliphatic hydroxyl groups excluding tert-OH is 1. The zero-order valence-corrected chi connectivity index (χ0v) is 15.5. The molecule has 142 valence electrons. The number of urea groups is 1. The van der Waals surface area contributed by atoms with Crippen LogP contribution in [0.5, 0.6) is 0 Å². The van der Waals surface area contributed by atoms with E-state index in [1.54, 1.807) is 0 Å². The third-order valence-electron chi connectivity index (χ3n) is 5.60. The molecule has 1 fully saturated rings. The Kier molecular flexibility index (Phi) is 5.41. The van der Waals surface area contributed by atoms with E-state index in [4.69, 9.17) is 0 Å². The van der Waals surface area contributed by atoms with E-state index >= 15 is 0 Å². The molecule has 0 bridgehead atoms. The van der Waals surface area contributed by atoms with Crippen molar-refractivity contribution in [1.82, 2.24) is 10.2 Å². The van der Waals surface area contributed by atoms with E-state index < -0.39 is 6.10 Å². The number of carbonyl (C=O) groups is 1. The van der Waals surface area contributed by atoms with Crippen LogP contribution in [-0.2, 0) is 13.0 Å². The van der Waals surface area contributed by atoms with E-state index in [0.717, 1.165) is 36.3 Å². The van der Waals surface area contributed by atoms with Gasteiger partial charge in [0.25, 0.3) is 0 Å². The first-order valence-electron chi connectivity index (χ1n) is 9.79. The number of hydrogen-bond acceptors (Lipinski definition) is 3. The lowest BCUT2D eigenvalue weighted by Crippen LogP contribution is -2.38. The second kappa shape index (κ2) is 8.11. The Balaban J connectivity index is 1.36. The SMILES string of the molecule is O=C1NCc2cc(C(O)CN3CCC[C@@H](Cc4ccccc4)C3)ccc2N1. The first kappa shape index (κ1) is 18.0. The molecule has 2 aliphatic heterocycles. The molecule has 2 heterocycles. The molecule has 2 aromatic rings. The van der Waals surface area contributed by atoms with Crippen molar-refractivity contribution in [2.75, 3.05) is 25.0 Å². The van der Waals surface area contributed by atoms with Gasteiger partial charge in [0.2, 0.25) is 0 Å². The van der Waals surface area contributed by atoms with Crippen LogP contribution in [0.2, 0.25) is 0 Å². The first-order chi connectivity index (χ1) is 13.2. The highest BCUT2D eigenvalue weighted by atomic mass is 16.3. The maximum absolute atomic E-state index is 11.4. The number of aliphatic hydroxyl groups is 1. The highest BCUT2D eigenvalue weighted by Crippen LogP contribution is 2.26. The molecule has 2 atom stereocenters. The third kappa shape index (κ3) is 4.49. The number of anilines is 1. The second-order valence-corrected chi connectivity index (χ2v) is 7.70. The monoisotopic (exact) mass is 365 g/mol. The Morgan fingerprint density at radius 1 is 1.19 bits per heavy atom. The predicted molar refractivity (Wildman–Crippen MR) is 107 cm³/mol. The molecule has 2 aromatic carbocycles. The zero-order valence-electron chi connectivity index (χ0n) is 15.5. The first-order valence-corrected chi connectivity index (χ1v) is 9.79. The van der Waals surface area contributed by atoms with Gasteiger partial charge in [-0.25, -0.2) is 4.79 Å². The van der Waals surface area contributed by atoms with Crippen LogP contribution in [0.1, 0.15) is 35.6 Å². The number of nitrogens with one attached hydrogen (secondary N) is 2. The van der Waals surface area contributed by atoms with Crippen molar-refractivity contribution in [2.45, 2.75) is 31.9 Å². The smallest absolute Gasteiger partial charge is 0.319 e. The molecule has 0 aromatic heterocycles. The topological polar surface area (TPSA) is 64.6 Å². The second-order valence-electron chi connectivity index (χ2n) is 7.70. The van der Waals surface area contributed by atoms with Gasteiger partial charge in [-0.3, -0.25) is 0 Å². The Morgan fingerprint density at radius 3 is 2.89 bits per heavy atom. The van der Waals surface area contributed by atoms with Crippen molar-refractivity contribution in [2.24, 2.45) is 5.92 Å². The Labute approximate surface area is 160 Å². The standard InChI is InChI=1S/C22H27N3O2/c26-21(18-8-9-20-19(12-18)13-23-22(27)24-20)15-25-10-4-7-17(14-25)11-16-5-2-1-3-6-16/h1-3,5-6,8-9,12,17,21,26H,4,7,10-11,13-15H2,(H2,23,24,27)/t17-,21?/m0/s1. The molecule has 2 aliphatic rings. The van der Waals surface area contributed by atoms with Crippen molar-refractivity contribution < 1.29 is 9.90 Å². The summed E-state index contributed by atoms with van der Waals surface area (Å²) in [6.07, 6.45) is 3.04. The van der Waals surface area contributed by atoms with E-state index in [-0.39, 0.29) is 6.03 Å². The molecule has 3 N–H and O–H groups in total.